The van der Waals surface area contributed by atoms with Gasteiger partial charge in [-0.3, -0.25) is 0 Å². The first-order valence-corrected chi connectivity index (χ1v) is 8.78. The van der Waals surface area contributed by atoms with E-state index in [1.54, 1.807) is 11.8 Å². The second kappa shape index (κ2) is 6.91. The van der Waals surface area contributed by atoms with E-state index < -0.39 is 0 Å². The lowest BCUT2D eigenvalue weighted by molar-refractivity contribution is 0.737. The molecule has 3 rings (SSSR count). The molecule has 1 aliphatic heterocycles. The maximum absolute atomic E-state index is 6.40. The molecule has 0 atom stereocenters. The van der Waals surface area contributed by atoms with E-state index in [1.807, 2.05) is 6.07 Å². The highest BCUT2D eigenvalue weighted by atomic mass is 35.5. The Morgan fingerprint density at radius 3 is 2.41 bits per heavy atom. The predicted molar refractivity (Wildman–Crippen MR) is 97.0 cm³/mol. The van der Waals surface area contributed by atoms with Gasteiger partial charge in [0.15, 0.2) is 0 Å². The summed E-state index contributed by atoms with van der Waals surface area (Å²) in [6.45, 7) is 6.23. The maximum Gasteiger partial charge on any atom is 0.0548 e. The summed E-state index contributed by atoms with van der Waals surface area (Å²) in [5, 5.41) is 4.21. The number of nitrogens with one attached hydrogen (secondary N) is 1. The lowest BCUT2D eigenvalue weighted by Crippen LogP contribution is -2.20. The Hall–Kier alpha value is -1.22. The van der Waals surface area contributed by atoms with Crippen molar-refractivity contribution in [3.8, 4) is 0 Å². The molecular weight excluding hydrogens is 310 g/mol. The molecule has 0 unspecified atom stereocenters. The van der Waals surface area contributed by atoms with Gasteiger partial charge in [-0.1, -0.05) is 53.2 Å². The molecule has 2 aromatic rings. The van der Waals surface area contributed by atoms with E-state index in [0.29, 0.717) is 0 Å². The smallest absolute Gasteiger partial charge is 0.0548 e. The van der Waals surface area contributed by atoms with Crippen LogP contribution >= 0.6 is 23.4 Å². The number of benzene rings is 2. The van der Waals surface area contributed by atoms with Gasteiger partial charge in [0.05, 0.1) is 5.02 Å². The minimum atomic E-state index is 0.829. The van der Waals surface area contributed by atoms with E-state index in [0.717, 1.165) is 29.4 Å². The Bertz CT molecular complexity index is 721. The van der Waals surface area contributed by atoms with Gasteiger partial charge in [-0.15, -0.1) is 0 Å². The van der Waals surface area contributed by atoms with Gasteiger partial charge in [-0.2, -0.15) is 0 Å². The zero-order valence-corrected chi connectivity index (χ0v) is 14.5. The van der Waals surface area contributed by atoms with Gasteiger partial charge in [0.1, 0.15) is 0 Å². The van der Waals surface area contributed by atoms with Crippen molar-refractivity contribution in [3.63, 3.8) is 0 Å². The molecule has 0 fully saturated rings. The quantitative estimate of drug-likeness (QED) is 0.799. The first kappa shape index (κ1) is 15.7. The molecule has 0 aliphatic carbocycles. The molecule has 0 aromatic heterocycles. The zero-order chi connectivity index (χ0) is 15.5. The van der Waals surface area contributed by atoms with Gasteiger partial charge in [-0.25, -0.2) is 0 Å². The van der Waals surface area contributed by atoms with E-state index >= 15 is 0 Å². The van der Waals surface area contributed by atoms with Crippen LogP contribution < -0.4 is 5.32 Å². The molecule has 1 nitrogen and oxygen atoms in total. The van der Waals surface area contributed by atoms with E-state index in [9.17, 15) is 0 Å². The molecule has 2 aromatic carbocycles. The highest BCUT2D eigenvalue weighted by molar-refractivity contribution is 7.99. The van der Waals surface area contributed by atoms with Gasteiger partial charge < -0.3 is 5.32 Å². The fourth-order valence-electron chi connectivity index (χ4n) is 2.66. The lowest BCUT2D eigenvalue weighted by atomic mass is 9.99. The van der Waals surface area contributed by atoms with Gasteiger partial charge in [0.25, 0.3) is 0 Å². The third-order valence-corrected chi connectivity index (χ3v) is 5.43. The zero-order valence-electron chi connectivity index (χ0n) is 12.9. The molecule has 1 heterocycles. The van der Waals surface area contributed by atoms with Crippen LogP contribution in [0.5, 0.6) is 0 Å². The molecule has 114 valence electrons. The largest absolute Gasteiger partial charge is 0.313 e. The molecule has 1 N–H and O–H groups in total. The summed E-state index contributed by atoms with van der Waals surface area (Å²) < 4.78 is 0. The second-order valence-corrected chi connectivity index (χ2v) is 7.21. The van der Waals surface area contributed by atoms with Crippen LogP contribution in [0.3, 0.4) is 0 Å². The fourth-order valence-corrected chi connectivity index (χ4v) is 3.97. The van der Waals surface area contributed by atoms with Crippen LogP contribution in [0.4, 0.5) is 0 Å². The van der Waals surface area contributed by atoms with Gasteiger partial charge >= 0.3 is 0 Å². The van der Waals surface area contributed by atoms with Crippen molar-refractivity contribution in [2.24, 2.45) is 0 Å². The van der Waals surface area contributed by atoms with Crippen LogP contribution in [-0.4, -0.2) is 13.1 Å². The molecule has 22 heavy (non-hydrogen) atoms. The average Bonchev–Trinajstić information content (AvgIpc) is 2.52. The topological polar surface area (TPSA) is 12.0 Å². The van der Waals surface area contributed by atoms with Crippen LogP contribution in [0.1, 0.15) is 23.1 Å². The molecular formula is C19H20ClNS. The van der Waals surface area contributed by atoms with Crippen molar-refractivity contribution >= 4 is 28.9 Å². The van der Waals surface area contributed by atoms with Gasteiger partial charge in [-0.05, 0) is 61.7 Å². The van der Waals surface area contributed by atoms with E-state index in [4.69, 9.17) is 11.6 Å². The maximum atomic E-state index is 6.40. The van der Waals surface area contributed by atoms with Crippen molar-refractivity contribution < 1.29 is 0 Å². The Balaban J connectivity index is 1.98. The first-order valence-electron chi connectivity index (χ1n) is 7.58. The van der Waals surface area contributed by atoms with E-state index in [1.165, 1.54) is 27.2 Å². The molecule has 3 heteroatoms. The summed E-state index contributed by atoms with van der Waals surface area (Å²) in [7, 11) is 0. The Kier molecular flexibility index (Phi) is 4.92. The molecule has 0 saturated heterocycles. The predicted octanol–water partition coefficient (Wildman–Crippen LogP) is 5.48. The van der Waals surface area contributed by atoms with Crippen molar-refractivity contribution in [1.29, 1.82) is 0 Å². The van der Waals surface area contributed by atoms with Crippen molar-refractivity contribution in [2.45, 2.75) is 30.1 Å². The molecule has 1 aliphatic rings. The number of hydrogen-bond acceptors (Lipinski definition) is 2. The lowest BCUT2D eigenvalue weighted by Gasteiger charge is -2.18. The van der Waals surface area contributed by atoms with Crippen LogP contribution in [0.2, 0.25) is 5.02 Å². The van der Waals surface area contributed by atoms with Gasteiger partial charge in [0, 0.05) is 16.3 Å². The normalized spacial score (nSPS) is 14.8. The van der Waals surface area contributed by atoms with E-state index in [2.05, 4.69) is 55.6 Å². The fraction of sp³-hybridized carbons (Fsp3) is 0.263. The summed E-state index contributed by atoms with van der Waals surface area (Å²) in [5.74, 6) is 0. The minimum absolute atomic E-state index is 0.829. The number of aryl methyl sites for hydroxylation is 2. The molecule has 0 saturated carbocycles. The third kappa shape index (κ3) is 3.57. The Labute approximate surface area is 141 Å². The van der Waals surface area contributed by atoms with Crippen LogP contribution in [0, 0.1) is 13.8 Å². The van der Waals surface area contributed by atoms with E-state index in [-0.39, 0.29) is 0 Å². The van der Waals surface area contributed by atoms with Gasteiger partial charge in [0.2, 0.25) is 0 Å². The number of rotatable bonds is 3. The Morgan fingerprint density at radius 1 is 1.00 bits per heavy atom. The van der Waals surface area contributed by atoms with Crippen molar-refractivity contribution in [3.05, 3.63) is 64.2 Å². The van der Waals surface area contributed by atoms with Crippen molar-refractivity contribution in [1.82, 2.24) is 5.32 Å². The van der Waals surface area contributed by atoms with Crippen LogP contribution in [-0.2, 0) is 0 Å². The highest BCUT2D eigenvalue weighted by Crippen LogP contribution is 2.38. The SMILES string of the molecule is Cc1ccc(Sc2ccc(C)cc2C2=CCNCC2)c(Cl)c1. The van der Waals surface area contributed by atoms with Crippen LogP contribution in [0.15, 0.2) is 52.3 Å². The monoisotopic (exact) mass is 329 g/mol. The molecule has 0 amide bonds. The highest BCUT2D eigenvalue weighted by Gasteiger charge is 2.13. The molecule has 0 bridgehead atoms. The number of halogens is 1. The van der Waals surface area contributed by atoms with Crippen molar-refractivity contribution in [2.75, 3.05) is 13.1 Å². The number of hydrogen-bond donors (Lipinski definition) is 1. The Morgan fingerprint density at radius 2 is 1.73 bits per heavy atom. The summed E-state index contributed by atoms with van der Waals surface area (Å²) in [6, 6.07) is 12.9. The summed E-state index contributed by atoms with van der Waals surface area (Å²) in [5.41, 5.74) is 5.28. The molecule has 0 spiro atoms. The summed E-state index contributed by atoms with van der Waals surface area (Å²) in [6.07, 6.45) is 3.39. The summed E-state index contributed by atoms with van der Waals surface area (Å²) in [4.78, 5) is 2.40. The standard InChI is InChI=1S/C19H20ClNS/c1-13-3-5-18(16(11-13)15-7-9-21-10-8-15)22-19-6-4-14(2)12-17(19)20/h3-7,11-12,21H,8-10H2,1-2H3. The summed E-state index contributed by atoms with van der Waals surface area (Å²) >= 11 is 8.16. The average molecular weight is 330 g/mol. The third-order valence-electron chi connectivity index (χ3n) is 3.85. The second-order valence-electron chi connectivity index (χ2n) is 5.72. The minimum Gasteiger partial charge on any atom is -0.313 e. The molecule has 0 radical (unpaired) electrons. The first-order chi connectivity index (χ1) is 10.6. The van der Waals surface area contributed by atoms with Crippen LogP contribution in [0.25, 0.3) is 5.57 Å².